The highest BCUT2D eigenvalue weighted by atomic mass is 16.6. The molecule has 0 saturated carbocycles. The van der Waals surface area contributed by atoms with E-state index in [4.69, 9.17) is 4.74 Å². The summed E-state index contributed by atoms with van der Waals surface area (Å²) in [4.78, 5) is 36.1. The molecule has 0 bridgehead atoms. The van der Waals surface area contributed by atoms with Crippen LogP contribution < -0.4 is 16.0 Å². The highest BCUT2D eigenvalue weighted by molar-refractivity contribution is 5.92. The molecule has 0 fully saturated rings. The van der Waals surface area contributed by atoms with Crippen LogP contribution in [0.25, 0.3) is 0 Å². The van der Waals surface area contributed by atoms with E-state index in [1.54, 1.807) is 26.8 Å². The summed E-state index contributed by atoms with van der Waals surface area (Å²) in [6.07, 6.45) is -0.157. The first kappa shape index (κ1) is 23.9. The molecule has 0 aliphatic heterocycles. The lowest BCUT2D eigenvalue weighted by atomic mass is 10.1. The number of para-hydroxylation sites is 1. The number of benzene rings is 2. The second-order valence-corrected chi connectivity index (χ2v) is 8.32. The average Bonchev–Trinajstić information content (AvgIpc) is 2.67. The van der Waals surface area contributed by atoms with Crippen LogP contribution in [0, 0.1) is 6.92 Å². The molecule has 0 saturated heterocycles. The fourth-order valence-electron chi connectivity index (χ4n) is 2.75. The van der Waals surface area contributed by atoms with Crippen LogP contribution in [0.3, 0.4) is 0 Å². The van der Waals surface area contributed by atoms with Crippen LogP contribution in [0.15, 0.2) is 48.5 Å². The van der Waals surface area contributed by atoms with Gasteiger partial charge in [0.1, 0.15) is 5.60 Å². The van der Waals surface area contributed by atoms with E-state index in [9.17, 15) is 14.4 Å². The van der Waals surface area contributed by atoms with Gasteiger partial charge in [-0.25, -0.2) is 4.79 Å². The largest absolute Gasteiger partial charge is 0.444 e. The molecule has 2 aromatic carbocycles. The van der Waals surface area contributed by atoms with E-state index in [0.717, 1.165) is 16.7 Å². The number of anilines is 1. The predicted octanol–water partition coefficient (Wildman–Crippen LogP) is 3.71. The van der Waals surface area contributed by atoms with Gasteiger partial charge in [-0.2, -0.15) is 0 Å². The molecule has 0 heterocycles. The molecule has 0 unspecified atom stereocenters. The van der Waals surface area contributed by atoms with Crippen molar-refractivity contribution in [2.45, 2.75) is 52.7 Å². The SMILES string of the molecule is Cc1ccc(CC(=O)NCc2ccccc2NC(=O)CCNC(=O)OC(C)(C)C)cc1. The van der Waals surface area contributed by atoms with Gasteiger partial charge in [0.2, 0.25) is 11.8 Å². The third kappa shape index (κ3) is 9.33. The third-order valence-electron chi connectivity index (χ3n) is 4.27. The van der Waals surface area contributed by atoms with Crippen molar-refractivity contribution >= 4 is 23.6 Å². The van der Waals surface area contributed by atoms with Crippen LogP contribution in [0.5, 0.6) is 0 Å². The van der Waals surface area contributed by atoms with Crippen molar-refractivity contribution in [1.29, 1.82) is 0 Å². The number of hydrogen-bond donors (Lipinski definition) is 3. The smallest absolute Gasteiger partial charge is 0.407 e. The summed E-state index contributed by atoms with van der Waals surface area (Å²) in [6.45, 7) is 7.79. The Labute approximate surface area is 183 Å². The summed E-state index contributed by atoms with van der Waals surface area (Å²) in [5.41, 5.74) is 2.93. The van der Waals surface area contributed by atoms with Crippen LogP contribution in [0.1, 0.15) is 43.9 Å². The topological polar surface area (TPSA) is 96.5 Å². The van der Waals surface area contributed by atoms with Gasteiger partial charge in [0.15, 0.2) is 0 Å². The molecule has 0 aromatic heterocycles. The number of carbonyl (C=O) groups excluding carboxylic acids is 3. The minimum Gasteiger partial charge on any atom is -0.444 e. The molecule has 7 nitrogen and oxygen atoms in total. The highest BCUT2D eigenvalue weighted by Crippen LogP contribution is 2.15. The summed E-state index contributed by atoms with van der Waals surface area (Å²) in [5, 5.41) is 8.28. The summed E-state index contributed by atoms with van der Waals surface area (Å²) in [7, 11) is 0. The number of hydrogen-bond acceptors (Lipinski definition) is 4. The number of amides is 3. The lowest BCUT2D eigenvalue weighted by Gasteiger charge is -2.19. The van der Waals surface area contributed by atoms with Crippen LogP contribution in [0.2, 0.25) is 0 Å². The van der Waals surface area contributed by atoms with Gasteiger partial charge in [-0.3, -0.25) is 9.59 Å². The molecule has 3 amide bonds. The minimum absolute atomic E-state index is 0.0912. The standard InChI is InChI=1S/C24H31N3O4/c1-17-9-11-18(12-10-17)15-22(29)26-16-19-7-5-6-8-20(19)27-21(28)13-14-25-23(30)31-24(2,3)4/h5-12H,13-16H2,1-4H3,(H,25,30)(H,26,29)(H,27,28). The molecule has 2 aromatic rings. The number of nitrogens with one attached hydrogen (secondary N) is 3. The van der Waals surface area contributed by atoms with Crippen molar-refractivity contribution in [3.8, 4) is 0 Å². The summed E-state index contributed by atoms with van der Waals surface area (Å²) >= 11 is 0. The number of aryl methyl sites for hydroxylation is 1. The maximum atomic E-state index is 12.3. The molecule has 31 heavy (non-hydrogen) atoms. The molecule has 2 rings (SSSR count). The van der Waals surface area contributed by atoms with Crippen molar-refractivity contribution in [2.75, 3.05) is 11.9 Å². The Balaban J connectivity index is 1.81. The van der Waals surface area contributed by atoms with E-state index in [2.05, 4.69) is 16.0 Å². The first-order valence-electron chi connectivity index (χ1n) is 10.3. The van der Waals surface area contributed by atoms with Crippen molar-refractivity contribution in [2.24, 2.45) is 0 Å². The molecule has 3 N–H and O–H groups in total. The van der Waals surface area contributed by atoms with Gasteiger partial charge in [0.05, 0.1) is 6.42 Å². The third-order valence-corrected chi connectivity index (χ3v) is 4.27. The van der Waals surface area contributed by atoms with Crippen molar-refractivity contribution < 1.29 is 19.1 Å². The molecule has 0 atom stereocenters. The zero-order chi connectivity index (χ0) is 22.9. The molecule has 0 spiro atoms. The van der Waals surface area contributed by atoms with Gasteiger partial charge in [-0.1, -0.05) is 48.0 Å². The molecular weight excluding hydrogens is 394 g/mol. The Bertz CT molecular complexity index is 902. The van der Waals surface area contributed by atoms with E-state index in [-0.39, 0.29) is 24.8 Å². The normalized spacial score (nSPS) is 10.8. The molecule has 166 valence electrons. The van der Waals surface area contributed by atoms with Crippen LogP contribution in [-0.4, -0.2) is 30.1 Å². The predicted molar refractivity (Wildman–Crippen MR) is 121 cm³/mol. The first-order valence-corrected chi connectivity index (χ1v) is 10.3. The van der Waals surface area contributed by atoms with E-state index in [0.29, 0.717) is 18.7 Å². The molecule has 0 radical (unpaired) electrons. The quantitative estimate of drug-likeness (QED) is 0.601. The Morgan fingerprint density at radius 3 is 2.26 bits per heavy atom. The minimum atomic E-state index is -0.588. The van der Waals surface area contributed by atoms with E-state index in [1.165, 1.54) is 0 Å². The van der Waals surface area contributed by atoms with Gasteiger partial charge in [-0.05, 0) is 44.9 Å². The van der Waals surface area contributed by atoms with Gasteiger partial charge in [-0.15, -0.1) is 0 Å². The zero-order valence-corrected chi connectivity index (χ0v) is 18.6. The Morgan fingerprint density at radius 2 is 1.58 bits per heavy atom. The van der Waals surface area contributed by atoms with Crippen molar-refractivity contribution in [3.05, 3.63) is 65.2 Å². The van der Waals surface area contributed by atoms with Crippen LogP contribution in [-0.2, 0) is 27.3 Å². The van der Waals surface area contributed by atoms with Gasteiger partial charge in [0, 0.05) is 25.2 Å². The Morgan fingerprint density at radius 1 is 0.903 bits per heavy atom. The first-order chi connectivity index (χ1) is 14.6. The number of carbonyl (C=O) groups is 3. The van der Waals surface area contributed by atoms with Crippen molar-refractivity contribution in [3.63, 3.8) is 0 Å². The average molecular weight is 426 g/mol. The molecular formula is C24H31N3O4. The molecule has 7 heteroatoms. The van der Waals surface area contributed by atoms with Gasteiger partial charge >= 0.3 is 6.09 Å². The fraction of sp³-hybridized carbons (Fsp3) is 0.375. The van der Waals surface area contributed by atoms with Crippen LogP contribution in [0.4, 0.5) is 10.5 Å². The van der Waals surface area contributed by atoms with E-state index in [1.807, 2.05) is 49.4 Å². The van der Waals surface area contributed by atoms with Crippen molar-refractivity contribution in [1.82, 2.24) is 10.6 Å². The molecule has 0 aliphatic rings. The monoisotopic (exact) mass is 425 g/mol. The number of alkyl carbamates (subject to hydrolysis) is 1. The Hall–Kier alpha value is -3.35. The highest BCUT2D eigenvalue weighted by Gasteiger charge is 2.16. The van der Waals surface area contributed by atoms with Gasteiger partial charge in [0.25, 0.3) is 0 Å². The van der Waals surface area contributed by atoms with E-state index < -0.39 is 11.7 Å². The number of rotatable bonds is 8. The van der Waals surface area contributed by atoms with E-state index >= 15 is 0 Å². The summed E-state index contributed by atoms with van der Waals surface area (Å²) in [5.74, 6) is -0.332. The van der Waals surface area contributed by atoms with Gasteiger partial charge < -0.3 is 20.7 Å². The maximum Gasteiger partial charge on any atom is 0.407 e. The number of ether oxygens (including phenoxy) is 1. The second-order valence-electron chi connectivity index (χ2n) is 8.32. The van der Waals surface area contributed by atoms with Crippen LogP contribution >= 0.6 is 0 Å². The zero-order valence-electron chi connectivity index (χ0n) is 18.6. The lowest BCUT2D eigenvalue weighted by molar-refractivity contribution is -0.120. The fourth-order valence-corrected chi connectivity index (χ4v) is 2.75. The maximum absolute atomic E-state index is 12.3. The lowest BCUT2D eigenvalue weighted by Crippen LogP contribution is -2.34. The Kier molecular flexibility index (Phi) is 8.61. The summed E-state index contributed by atoms with van der Waals surface area (Å²) in [6, 6.07) is 15.1. The second kappa shape index (κ2) is 11.2. The molecule has 0 aliphatic carbocycles. The summed E-state index contributed by atoms with van der Waals surface area (Å²) < 4.78 is 5.14.